The molecule has 1 aromatic rings. The summed E-state index contributed by atoms with van der Waals surface area (Å²) in [5.74, 6) is -0.000264. The third kappa shape index (κ3) is 5.69. The van der Waals surface area contributed by atoms with Gasteiger partial charge in [0.15, 0.2) is 5.17 Å². The van der Waals surface area contributed by atoms with E-state index in [1.807, 2.05) is 44.9 Å². The molecular formula is C26H35N3O3S. The molecule has 1 N–H and O–H groups in total. The summed E-state index contributed by atoms with van der Waals surface area (Å²) in [4.78, 5) is 32.6. The fourth-order valence-electron chi connectivity index (χ4n) is 3.88. The predicted octanol–water partition coefficient (Wildman–Crippen LogP) is 5.64. The van der Waals surface area contributed by atoms with Crippen LogP contribution in [0.1, 0.15) is 84.4 Å². The number of esters is 1. The molecule has 0 bridgehead atoms. The summed E-state index contributed by atoms with van der Waals surface area (Å²) in [6.07, 6.45) is 0.854. The van der Waals surface area contributed by atoms with Crippen LogP contribution in [0.15, 0.2) is 51.6 Å². The van der Waals surface area contributed by atoms with E-state index in [9.17, 15) is 9.59 Å². The summed E-state index contributed by atoms with van der Waals surface area (Å²) in [6.45, 7) is 13.9. The minimum absolute atomic E-state index is 0.0380. The third-order valence-electron chi connectivity index (χ3n) is 5.84. The quantitative estimate of drug-likeness (QED) is 0.499. The lowest BCUT2D eigenvalue weighted by Crippen LogP contribution is -2.39. The maximum absolute atomic E-state index is 13.2. The third-order valence-corrected chi connectivity index (χ3v) is 6.73. The van der Waals surface area contributed by atoms with Crippen molar-refractivity contribution in [2.75, 3.05) is 0 Å². The lowest BCUT2D eigenvalue weighted by Gasteiger charge is -2.36. The van der Waals surface area contributed by atoms with E-state index in [0.29, 0.717) is 17.2 Å². The van der Waals surface area contributed by atoms with E-state index in [4.69, 9.17) is 9.73 Å². The van der Waals surface area contributed by atoms with Crippen LogP contribution in [0.3, 0.4) is 0 Å². The number of amidine groups is 1. The number of fused-ring (bicyclic) bond motifs is 1. The van der Waals surface area contributed by atoms with Crippen LogP contribution < -0.4 is 5.32 Å². The maximum Gasteiger partial charge on any atom is 0.338 e. The second-order valence-electron chi connectivity index (χ2n) is 9.22. The summed E-state index contributed by atoms with van der Waals surface area (Å²) in [7, 11) is 0. The van der Waals surface area contributed by atoms with E-state index in [1.165, 1.54) is 17.3 Å². The van der Waals surface area contributed by atoms with Crippen LogP contribution in [0.2, 0.25) is 0 Å². The normalized spacial score (nSPS) is 18.8. The highest BCUT2D eigenvalue weighted by atomic mass is 32.2. The summed E-state index contributed by atoms with van der Waals surface area (Å²) in [6, 6.07) is 8.06. The molecule has 0 aliphatic carbocycles. The largest absolute Gasteiger partial charge is 0.459 e. The van der Waals surface area contributed by atoms with Gasteiger partial charge in [-0.05, 0) is 56.6 Å². The minimum atomic E-state index is -0.400. The number of thioether (sulfide) groups is 1. The number of allylic oxidation sites excluding steroid dienone is 1. The van der Waals surface area contributed by atoms with Crippen LogP contribution in [0, 0.1) is 0 Å². The van der Waals surface area contributed by atoms with Crippen molar-refractivity contribution >= 4 is 28.8 Å². The summed E-state index contributed by atoms with van der Waals surface area (Å²) in [5, 5.41) is 5.78. The molecule has 2 aliphatic heterocycles. The molecule has 6 nitrogen and oxygen atoms in total. The molecule has 2 unspecified atom stereocenters. The van der Waals surface area contributed by atoms with E-state index < -0.39 is 6.04 Å². The first-order valence-electron chi connectivity index (χ1n) is 11.7. The minimum Gasteiger partial charge on any atom is -0.459 e. The highest BCUT2D eigenvalue weighted by molar-refractivity contribution is 8.16. The van der Waals surface area contributed by atoms with Gasteiger partial charge >= 0.3 is 5.97 Å². The van der Waals surface area contributed by atoms with Crippen molar-refractivity contribution in [2.45, 2.75) is 85.4 Å². The number of amides is 1. The fourth-order valence-corrected chi connectivity index (χ4v) is 4.84. The average molecular weight is 470 g/mol. The topological polar surface area (TPSA) is 71.0 Å². The molecule has 0 aromatic heterocycles. The molecule has 2 atom stereocenters. The molecule has 0 saturated heterocycles. The SMILES string of the molecule is CCC(C)NC(=O)CC1=CSC2=NC(C)=C(C(=O)OC(C)C)C(c3ccc(C(C)C)cc3)N12. The maximum atomic E-state index is 13.2. The first-order valence-corrected chi connectivity index (χ1v) is 12.5. The number of carbonyl (C=O) groups is 2. The van der Waals surface area contributed by atoms with Gasteiger partial charge in [0.05, 0.1) is 29.8 Å². The Bertz CT molecular complexity index is 993. The number of carbonyl (C=O) groups excluding carboxylic acids is 2. The van der Waals surface area contributed by atoms with Gasteiger partial charge in [-0.2, -0.15) is 0 Å². The van der Waals surface area contributed by atoms with Crippen molar-refractivity contribution in [1.29, 1.82) is 0 Å². The van der Waals surface area contributed by atoms with Crippen molar-refractivity contribution in [3.8, 4) is 0 Å². The molecule has 33 heavy (non-hydrogen) atoms. The second-order valence-corrected chi connectivity index (χ2v) is 10.1. The van der Waals surface area contributed by atoms with Crippen LogP contribution in [-0.4, -0.2) is 34.1 Å². The molecule has 3 rings (SSSR count). The number of aliphatic imine (C=N–C) groups is 1. The molecule has 178 valence electrons. The Morgan fingerprint density at radius 3 is 2.39 bits per heavy atom. The number of hydrogen-bond donors (Lipinski definition) is 1. The number of nitrogens with one attached hydrogen (secondary N) is 1. The van der Waals surface area contributed by atoms with Crippen molar-refractivity contribution in [1.82, 2.24) is 10.2 Å². The highest BCUT2D eigenvalue weighted by Gasteiger charge is 2.41. The van der Waals surface area contributed by atoms with E-state index in [0.717, 1.165) is 22.8 Å². The van der Waals surface area contributed by atoms with Gasteiger partial charge in [-0.15, -0.1) is 0 Å². The second kappa shape index (κ2) is 10.6. The standard InChI is InChI=1S/C26H35N3O3S/c1-8-17(6)27-22(30)13-21-14-33-26-28-18(7)23(25(31)32-16(4)5)24(29(21)26)20-11-9-19(10-12-20)15(2)3/h9-12,14-17,24H,8,13H2,1-7H3,(H,27,30). The summed E-state index contributed by atoms with van der Waals surface area (Å²) < 4.78 is 5.61. The molecular weight excluding hydrogens is 434 g/mol. The van der Waals surface area contributed by atoms with Crippen LogP contribution in [0.4, 0.5) is 0 Å². The first kappa shape index (κ1) is 25.1. The molecule has 0 spiro atoms. The van der Waals surface area contributed by atoms with Crippen LogP contribution >= 0.6 is 11.8 Å². The number of rotatable bonds is 8. The zero-order valence-corrected chi connectivity index (χ0v) is 21.5. The number of ether oxygens (including phenoxy) is 1. The van der Waals surface area contributed by atoms with Crippen molar-refractivity contribution in [3.05, 3.63) is 57.8 Å². The van der Waals surface area contributed by atoms with Gasteiger partial charge in [-0.1, -0.05) is 56.8 Å². The Labute approximate surface area is 201 Å². The highest BCUT2D eigenvalue weighted by Crippen LogP contribution is 2.45. The Balaban J connectivity index is 2.01. The zero-order valence-electron chi connectivity index (χ0n) is 20.6. The Kier molecular flexibility index (Phi) is 8.05. The van der Waals surface area contributed by atoms with Crippen LogP contribution in [0.25, 0.3) is 0 Å². The lowest BCUT2D eigenvalue weighted by molar-refractivity contribution is -0.143. The Morgan fingerprint density at radius 1 is 1.15 bits per heavy atom. The fraction of sp³-hybridized carbons (Fsp3) is 0.500. The molecule has 2 aliphatic rings. The van der Waals surface area contributed by atoms with Gasteiger partial charge in [0.25, 0.3) is 0 Å². The molecule has 0 fully saturated rings. The van der Waals surface area contributed by atoms with Gasteiger partial charge in [0, 0.05) is 11.7 Å². The molecule has 1 amide bonds. The summed E-state index contributed by atoms with van der Waals surface area (Å²) >= 11 is 1.49. The van der Waals surface area contributed by atoms with E-state index in [-0.39, 0.29) is 30.4 Å². The van der Waals surface area contributed by atoms with Crippen molar-refractivity contribution in [3.63, 3.8) is 0 Å². The lowest BCUT2D eigenvalue weighted by atomic mass is 9.92. The molecule has 1 aromatic carbocycles. The van der Waals surface area contributed by atoms with Gasteiger partial charge in [0.2, 0.25) is 5.91 Å². The number of nitrogens with zero attached hydrogens (tertiary/aromatic N) is 2. The predicted molar refractivity (Wildman–Crippen MR) is 135 cm³/mol. The molecule has 0 radical (unpaired) electrons. The average Bonchev–Trinajstić information content (AvgIpc) is 3.13. The Morgan fingerprint density at radius 2 is 1.82 bits per heavy atom. The molecule has 0 saturated carbocycles. The van der Waals surface area contributed by atoms with Gasteiger partial charge in [-0.3, -0.25) is 4.79 Å². The monoisotopic (exact) mass is 469 g/mol. The van der Waals surface area contributed by atoms with Crippen molar-refractivity contribution in [2.24, 2.45) is 4.99 Å². The van der Waals surface area contributed by atoms with Crippen molar-refractivity contribution < 1.29 is 14.3 Å². The zero-order chi connectivity index (χ0) is 24.3. The van der Waals surface area contributed by atoms with Gasteiger partial charge in [0.1, 0.15) is 0 Å². The number of benzene rings is 1. The van der Waals surface area contributed by atoms with Crippen LogP contribution in [-0.2, 0) is 14.3 Å². The smallest absolute Gasteiger partial charge is 0.338 e. The van der Waals surface area contributed by atoms with E-state index in [2.05, 4.69) is 43.4 Å². The summed E-state index contributed by atoms with van der Waals surface area (Å²) in [5.41, 5.74) is 4.20. The first-order chi connectivity index (χ1) is 15.6. The Hall–Kier alpha value is -2.54. The molecule has 7 heteroatoms. The van der Waals surface area contributed by atoms with E-state index >= 15 is 0 Å². The number of hydrogen-bond acceptors (Lipinski definition) is 6. The molecule has 2 heterocycles. The van der Waals surface area contributed by atoms with E-state index in [1.54, 1.807) is 0 Å². The van der Waals surface area contributed by atoms with Crippen LogP contribution in [0.5, 0.6) is 0 Å². The van der Waals surface area contributed by atoms with Gasteiger partial charge in [-0.25, -0.2) is 9.79 Å². The van der Waals surface area contributed by atoms with Gasteiger partial charge < -0.3 is 15.0 Å².